The Balaban J connectivity index is 2.19. The number of nitrogen functional groups attached to an aromatic ring is 1. The van der Waals surface area contributed by atoms with E-state index in [9.17, 15) is 4.79 Å². The summed E-state index contributed by atoms with van der Waals surface area (Å²) in [6.45, 7) is 0. The van der Waals surface area contributed by atoms with E-state index in [-0.39, 0.29) is 5.04 Å². The first-order valence-corrected chi connectivity index (χ1v) is 7.02. The van der Waals surface area contributed by atoms with Gasteiger partial charge < -0.3 is 10.5 Å². The largest absolute Gasteiger partial charge is 0.464 e. The first-order chi connectivity index (χ1) is 10.2. The summed E-state index contributed by atoms with van der Waals surface area (Å²) in [5, 5.41) is 4.28. The van der Waals surface area contributed by atoms with Crippen LogP contribution in [0.1, 0.15) is 0 Å². The molecule has 2 rings (SSSR count). The van der Waals surface area contributed by atoms with Gasteiger partial charge in [-0.1, -0.05) is 42.1 Å². The number of carbonyl (C=O) groups excluding carboxylic acids is 1. The van der Waals surface area contributed by atoms with Gasteiger partial charge in [-0.05, 0) is 24.3 Å². The number of hydrogen-bond donors (Lipinski definition) is 2. The van der Waals surface area contributed by atoms with Crippen molar-refractivity contribution in [3.05, 3.63) is 54.6 Å². The predicted octanol–water partition coefficient (Wildman–Crippen LogP) is 2.96. The Bertz CT molecular complexity index is 644. The van der Waals surface area contributed by atoms with Crippen LogP contribution in [-0.2, 0) is 9.53 Å². The molecule has 0 spiro atoms. The third-order valence-electron chi connectivity index (χ3n) is 2.55. The number of nitrogens with one attached hydrogen (secondary N) is 1. The van der Waals surface area contributed by atoms with Crippen molar-refractivity contribution in [2.45, 2.75) is 4.90 Å². The molecule has 0 saturated carbocycles. The van der Waals surface area contributed by atoms with Crippen LogP contribution in [0, 0.1) is 0 Å². The molecule has 5 nitrogen and oxygen atoms in total. The molecule has 6 heteroatoms. The SMILES string of the molecule is COC(=O)/C(=N\Nc1ccccc1)Sc1ccccc1N. The normalized spacial score (nSPS) is 11.0. The van der Waals surface area contributed by atoms with E-state index < -0.39 is 5.97 Å². The van der Waals surface area contributed by atoms with Crippen LogP contribution in [0.4, 0.5) is 11.4 Å². The van der Waals surface area contributed by atoms with Crippen molar-refractivity contribution in [1.29, 1.82) is 0 Å². The second-order valence-electron chi connectivity index (χ2n) is 4.03. The molecule has 0 aliphatic carbocycles. The molecule has 0 fully saturated rings. The number of para-hydroxylation sites is 2. The van der Waals surface area contributed by atoms with E-state index >= 15 is 0 Å². The Labute approximate surface area is 127 Å². The highest BCUT2D eigenvalue weighted by Gasteiger charge is 2.15. The minimum Gasteiger partial charge on any atom is -0.464 e. The summed E-state index contributed by atoms with van der Waals surface area (Å²) in [6.07, 6.45) is 0. The Morgan fingerprint density at radius 1 is 1.14 bits per heavy atom. The molecule has 0 saturated heterocycles. The number of esters is 1. The number of benzene rings is 2. The van der Waals surface area contributed by atoms with Gasteiger partial charge in [0.2, 0.25) is 5.04 Å². The van der Waals surface area contributed by atoms with Gasteiger partial charge in [-0.3, -0.25) is 5.43 Å². The zero-order chi connectivity index (χ0) is 15.1. The summed E-state index contributed by atoms with van der Waals surface area (Å²) >= 11 is 1.16. The van der Waals surface area contributed by atoms with E-state index in [4.69, 9.17) is 10.5 Å². The fraction of sp³-hybridized carbons (Fsp3) is 0.0667. The van der Waals surface area contributed by atoms with E-state index in [0.717, 1.165) is 22.3 Å². The third-order valence-corrected chi connectivity index (χ3v) is 3.59. The highest BCUT2D eigenvalue weighted by atomic mass is 32.2. The predicted molar refractivity (Wildman–Crippen MR) is 86.2 cm³/mol. The Morgan fingerprint density at radius 2 is 1.81 bits per heavy atom. The Morgan fingerprint density at radius 3 is 2.48 bits per heavy atom. The first-order valence-electron chi connectivity index (χ1n) is 6.20. The molecule has 3 N–H and O–H groups in total. The molecule has 0 radical (unpaired) electrons. The lowest BCUT2D eigenvalue weighted by molar-refractivity contribution is -0.132. The van der Waals surface area contributed by atoms with Crippen LogP contribution in [0.2, 0.25) is 0 Å². The van der Waals surface area contributed by atoms with E-state index in [1.54, 1.807) is 6.07 Å². The number of ether oxygens (including phenoxy) is 1. The average molecular weight is 301 g/mol. The van der Waals surface area contributed by atoms with E-state index in [2.05, 4.69) is 10.5 Å². The molecule has 0 heterocycles. The highest BCUT2D eigenvalue weighted by molar-refractivity contribution is 8.15. The van der Waals surface area contributed by atoms with Crippen molar-refractivity contribution in [3.8, 4) is 0 Å². The quantitative estimate of drug-likeness (QED) is 0.228. The van der Waals surface area contributed by atoms with Crippen molar-refractivity contribution in [1.82, 2.24) is 0 Å². The number of hydrazone groups is 1. The summed E-state index contributed by atoms with van der Waals surface area (Å²) in [6, 6.07) is 16.6. The van der Waals surface area contributed by atoms with Gasteiger partial charge in [-0.25, -0.2) is 4.79 Å². The average Bonchev–Trinajstić information content (AvgIpc) is 2.53. The van der Waals surface area contributed by atoms with Crippen molar-refractivity contribution in [2.24, 2.45) is 5.10 Å². The van der Waals surface area contributed by atoms with Gasteiger partial charge >= 0.3 is 5.97 Å². The van der Waals surface area contributed by atoms with Gasteiger partial charge in [0.05, 0.1) is 12.8 Å². The molecule has 21 heavy (non-hydrogen) atoms. The topological polar surface area (TPSA) is 76.7 Å². The van der Waals surface area contributed by atoms with Crippen molar-refractivity contribution >= 4 is 34.1 Å². The summed E-state index contributed by atoms with van der Waals surface area (Å²) in [5.41, 5.74) is 10.1. The molecule has 0 aromatic heterocycles. The molecule has 0 atom stereocenters. The standard InChI is InChI=1S/C15H15N3O2S/c1-20-15(19)14(18-17-11-7-3-2-4-8-11)21-13-10-6-5-9-12(13)16/h2-10,17H,16H2,1H3/b18-14+. The second-order valence-corrected chi connectivity index (χ2v) is 5.06. The fourth-order valence-electron chi connectivity index (χ4n) is 1.50. The van der Waals surface area contributed by atoms with Gasteiger partial charge in [0.1, 0.15) is 0 Å². The molecular weight excluding hydrogens is 286 g/mol. The van der Waals surface area contributed by atoms with E-state index in [1.165, 1.54) is 7.11 Å². The number of hydrogen-bond acceptors (Lipinski definition) is 6. The van der Waals surface area contributed by atoms with Crippen LogP contribution < -0.4 is 11.2 Å². The maximum Gasteiger partial charge on any atom is 0.365 e. The maximum atomic E-state index is 11.8. The minimum absolute atomic E-state index is 0.180. The monoisotopic (exact) mass is 301 g/mol. The molecule has 2 aromatic carbocycles. The lowest BCUT2D eigenvalue weighted by Gasteiger charge is -2.07. The lowest BCUT2D eigenvalue weighted by atomic mass is 10.3. The summed E-state index contributed by atoms with van der Waals surface area (Å²) in [7, 11) is 1.31. The highest BCUT2D eigenvalue weighted by Crippen LogP contribution is 2.26. The zero-order valence-corrected chi connectivity index (χ0v) is 12.3. The fourth-order valence-corrected chi connectivity index (χ4v) is 2.30. The van der Waals surface area contributed by atoms with Crippen molar-refractivity contribution < 1.29 is 9.53 Å². The van der Waals surface area contributed by atoms with Crippen LogP contribution in [0.15, 0.2) is 64.6 Å². The Kier molecular flexibility index (Phi) is 5.22. The van der Waals surface area contributed by atoms with Crippen LogP contribution in [-0.4, -0.2) is 18.1 Å². The van der Waals surface area contributed by atoms with Gasteiger partial charge in [0, 0.05) is 10.6 Å². The molecule has 0 amide bonds. The van der Waals surface area contributed by atoms with Gasteiger partial charge in [0.25, 0.3) is 0 Å². The summed E-state index contributed by atoms with van der Waals surface area (Å²) < 4.78 is 4.74. The van der Waals surface area contributed by atoms with Crippen molar-refractivity contribution in [3.63, 3.8) is 0 Å². The number of methoxy groups -OCH3 is 1. The van der Waals surface area contributed by atoms with Gasteiger partial charge in [-0.2, -0.15) is 5.10 Å². The molecule has 2 aromatic rings. The smallest absolute Gasteiger partial charge is 0.365 e. The molecular formula is C15H15N3O2S. The summed E-state index contributed by atoms with van der Waals surface area (Å²) in [5.74, 6) is -0.522. The van der Waals surface area contributed by atoms with Crippen LogP contribution in [0.5, 0.6) is 0 Å². The van der Waals surface area contributed by atoms with Crippen LogP contribution in [0.3, 0.4) is 0 Å². The third kappa shape index (κ3) is 4.25. The van der Waals surface area contributed by atoms with Crippen LogP contribution >= 0.6 is 11.8 Å². The number of nitrogens with two attached hydrogens (primary N) is 1. The van der Waals surface area contributed by atoms with E-state index in [0.29, 0.717) is 5.69 Å². The van der Waals surface area contributed by atoms with Gasteiger partial charge in [0.15, 0.2) is 0 Å². The molecule has 0 bridgehead atoms. The second kappa shape index (κ2) is 7.35. The number of anilines is 2. The van der Waals surface area contributed by atoms with Crippen molar-refractivity contribution in [2.75, 3.05) is 18.3 Å². The molecule has 0 unspecified atom stereocenters. The lowest BCUT2D eigenvalue weighted by Crippen LogP contribution is -2.14. The maximum absolute atomic E-state index is 11.8. The van der Waals surface area contributed by atoms with Crippen LogP contribution in [0.25, 0.3) is 0 Å². The summed E-state index contributed by atoms with van der Waals surface area (Å²) in [4.78, 5) is 12.5. The first kappa shape index (κ1) is 14.9. The molecule has 108 valence electrons. The number of nitrogens with zero attached hydrogens (tertiary/aromatic N) is 1. The number of rotatable bonds is 3. The van der Waals surface area contributed by atoms with Gasteiger partial charge in [-0.15, -0.1) is 0 Å². The van der Waals surface area contributed by atoms with E-state index in [1.807, 2.05) is 48.5 Å². The number of thioether (sulfide) groups is 1. The zero-order valence-electron chi connectivity index (χ0n) is 11.4. The minimum atomic E-state index is -0.522. The number of carbonyl (C=O) groups is 1. The Hall–Kier alpha value is -2.47. The molecule has 0 aliphatic rings. The molecule has 0 aliphatic heterocycles.